The minimum absolute atomic E-state index is 0.174. The minimum atomic E-state index is -0.537. The van der Waals surface area contributed by atoms with E-state index < -0.39 is 11.7 Å². The first-order valence-corrected chi connectivity index (χ1v) is 5.78. The Hall–Kier alpha value is -1.36. The van der Waals surface area contributed by atoms with Gasteiger partial charge in [-0.15, -0.1) is 0 Å². The predicted octanol–water partition coefficient (Wildman–Crippen LogP) is 2.11. The SMILES string of the molecule is CCCc1nc(CO)cn1C(=O)OC(C)(C)C. The Kier molecular flexibility index (Phi) is 4.28. The fourth-order valence-corrected chi connectivity index (χ4v) is 1.42. The molecule has 1 heterocycles. The topological polar surface area (TPSA) is 64.4 Å². The van der Waals surface area contributed by atoms with Crippen LogP contribution in [0, 0.1) is 0 Å². The maximum atomic E-state index is 11.9. The van der Waals surface area contributed by atoms with Gasteiger partial charge in [0, 0.05) is 12.6 Å². The lowest BCUT2D eigenvalue weighted by Gasteiger charge is -2.19. The first-order chi connectivity index (χ1) is 7.87. The van der Waals surface area contributed by atoms with E-state index in [0.717, 1.165) is 6.42 Å². The zero-order valence-electron chi connectivity index (χ0n) is 10.9. The molecule has 0 amide bonds. The van der Waals surface area contributed by atoms with Crippen molar-refractivity contribution in [3.63, 3.8) is 0 Å². The molecule has 0 spiro atoms. The monoisotopic (exact) mass is 240 g/mol. The van der Waals surface area contributed by atoms with E-state index in [9.17, 15) is 4.79 Å². The summed E-state index contributed by atoms with van der Waals surface area (Å²) in [6.07, 6.45) is 2.64. The molecule has 96 valence electrons. The minimum Gasteiger partial charge on any atom is -0.443 e. The van der Waals surface area contributed by atoms with Gasteiger partial charge in [0.15, 0.2) is 0 Å². The van der Waals surface area contributed by atoms with Crippen molar-refractivity contribution in [2.45, 2.75) is 52.7 Å². The number of ether oxygens (including phenoxy) is 1. The van der Waals surface area contributed by atoms with E-state index in [-0.39, 0.29) is 6.61 Å². The standard InChI is InChI=1S/C12H20N2O3/c1-5-6-10-13-9(8-15)7-14(10)11(16)17-12(2,3)4/h7,15H,5-6,8H2,1-4H3. The number of rotatable bonds is 3. The van der Waals surface area contributed by atoms with Gasteiger partial charge in [-0.05, 0) is 27.2 Å². The van der Waals surface area contributed by atoms with Gasteiger partial charge in [0.1, 0.15) is 11.4 Å². The molecule has 0 radical (unpaired) electrons. The average Bonchev–Trinajstić information content (AvgIpc) is 2.59. The smallest absolute Gasteiger partial charge is 0.420 e. The van der Waals surface area contributed by atoms with Crippen molar-refractivity contribution < 1.29 is 14.6 Å². The van der Waals surface area contributed by atoms with E-state index in [1.165, 1.54) is 10.8 Å². The molecule has 0 aliphatic carbocycles. The van der Waals surface area contributed by atoms with Crippen LogP contribution in [-0.4, -0.2) is 26.4 Å². The summed E-state index contributed by atoms with van der Waals surface area (Å²) in [5, 5.41) is 9.03. The Morgan fingerprint density at radius 3 is 2.65 bits per heavy atom. The van der Waals surface area contributed by atoms with Crippen molar-refractivity contribution in [3.05, 3.63) is 17.7 Å². The lowest BCUT2D eigenvalue weighted by molar-refractivity contribution is 0.0531. The van der Waals surface area contributed by atoms with Gasteiger partial charge in [-0.2, -0.15) is 0 Å². The quantitative estimate of drug-likeness (QED) is 0.878. The van der Waals surface area contributed by atoms with Gasteiger partial charge in [0.05, 0.1) is 12.3 Å². The maximum absolute atomic E-state index is 11.9. The molecule has 5 nitrogen and oxygen atoms in total. The zero-order valence-corrected chi connectivity index (χ0v) is 10.9. The molecule has 0 aliphatic heterocycles. The number of nitrogens with zero attached hydrogens (tertiary/aromatic N) is 2. The molecular formula is C12H20N2O3. The Balaban J connectivity index is 2.94. The molecule has 1 aromatic heterocycles. The van der Waals surface area contributed by atoms with Crippen LogP contribution in [0.2, 0.25) is 0 Å². The number of aliphatic hydroxyl groups is 1. The van der Waals surface area contributed by atoms with Crippen LogP contribution in [0.5, 0.6) is 0 Å². The summed E-state index contributed by atoms with van der Waals surface area (Å²) in [6, 6.07) is 0. The molecule has 1 rings (SSSR count). The van der Waals surface area contributed by atoms with Crippen molar-refractivity contribution in [1.82, 2.24) is 9.55 Å². The van der Waals surface area contributed by atoms with Crippen molar-refractivity contribution in [3.8, 4) is 0 Å². The first kappa shape index (κ1) is 13.7. The summed E-state index contributed by atoms with van der Waals surface area (Å²) < 4.78 is 6.65. The Bertz CT molecular complexity index is 391. The average molecular weight is 240 g/mol. The largest absolute Gasteiger partial charge is 0.443 e. The van der Waals surface area contributed by atoms with Crippen LogP contribution in [0.25, 0.3) is 0 Å². The molecule has 0 saturated carbocycles. The second-order valence-corrected chi connectivity index (χ2v) is 4.91. The third kappa shape index (κ3) is 3.85. The van der Waals surface area contributed by atoms with Crippen molar-refractivity contribution >= 4 is 6.09 Å². The van der Waals surface area contributed by atoms with Crippen LogP contribution in [0.4, 0.5) is 4.79 Å². The Labute approximate surface area is 101 Å². The fourth-order valence-electron chi connectivity index (χ4n) is 1.42. The van der Waals surface area contributed by atoms with Crippen LogP contribution in [-0.2, 0) is 17.8 Å². The first-order valence-electron chi connectivity index (χ1n) is 5.78. The maximum Gasteiger partial charge on any atom is 0.420 e. The van der Waals surface area contributed by atoms with Crippen molar-refractivity contribution in [1.29, 1.82) is 0 Å². The molecule has 0 fully saturated rings. The van der Waals surface area contributed by atoms with Crippen LogP contribution < -0.4 is 0 Å². The number of imidazole rings is 1. The number of aryl methyl sites for hydroxylation is 1. The van der Waals surface area contributed by atoms with Gasteiger partial charge in [-0.25, -0.2) is 14.3 Å². The van der Waals surface area contributed by atoms with E-state index >= 15 is 0 Å². The highest BCUT2D eigenvalue weighted by Crippen LogP contribution is 2.12. The molecule has 0 saturated heterocycles. The highest BCUT2D eigenvalue weighted by Gasteiger charge is 2.20. The molecule has 1 aromatic rings. The van der Waals surface area contributed by atoms with Gasteiger partial charge in [0.25, 0.3) is 0 Å². The highest BCUT2D eigenvalue weighted by molar-refractivity contribution is 5.71. The predicted molar refractivity (Wildman–Crippen MR) is 63.8 cm³/mol. The second kappa shape index (κ2) is 5.31. The number of hydrogen-bond acceptors (Lipinski definition) is 4. The number of carbonyl (C=O) groups excluding carboxylic acids is 1. The van der Waals surface area contributed by atoms with Crippen LogP contribution >= 0.6 is 0 Å². The van der Waals surface area contributed by atoms with Gasteiger partial charge >= 0.3 is 6.09 Å². The van der Waals surface area contributed by atoms with Crippen LogP contribution in [0.15, 0.2) is 6.20 Å². The number of aliphatic hydroxyl groups excluding tert-OH is 1. The van der Waals surface area contributed by atoms with Gasteiger partial charge in [0.2, 0.25) is 0 Å². The third-order valence-corrected chi connectivity index (χ3v) is 2.05. The van der Waals surface area contributed by atoms with Crippen molar-refractivity contribution in [2.24, 2.45) is 0 Å². The van der Waals surface area contributed by atoms with E-state index in [0.29, 0.717) is 17.9 Å². The summed E-state index contributed by atoms with van der Waals surface area (Å²) in [5.41, 5.74) is -0.0520. The lowest BCUT2D eigenvalue weighted by atomic mass is 10.2. The fraction of sp³-hybridized carbons (Fsp3) is 0.667. The molecule has 0 bridgehead atoms. The summed E-state index contributed by atoms with van der Waals surface area (Å²) in [6.45, 7) is 7.27. The normalized spacial score (nSPS) is 11.6. The molecular weight excluding hydrogens is 220 g/mol. The molecule has 1 N–H and O–H groups in total. The number of carbonyl (C=O) groups is 1. The van der Waals surface area contributed by atoms with E-state index in [4.69, 9.17) is 9.84 Å². The molecule has 0 aromatic carbocycles. The summed E-state index contributed by atoms with van der Waals surface area (Å²) >= 11 is 0. The Morgan fingerprint density at radius 1 is 1.53 bits per heavy atom. The number of hydrogen-bond donors (Lipinski definition) is 1. The molecule has 0 atom stereocenters. The van der Waals surface area contributed by atoms with Crippen LogP contribution in [0.3, 0.4) is 0 Å². The summed E-state index contributed by atoms with van der Waals surface area (Å²) in [4.78, 5) is 16.1. The van der Waals surface area contributed by atoms with Crippen molar-refractivity contribution in [2.75, 3.05) is 0 Å². The van der Waals surface area contributed by atoms with Gasteiger partial charge in [-0.3, -0.25) is 0 Å². The van der Waals surface area contributed by atoms with E-state index in [1.807, 2.05) is 27.7 Å². The van der Waals surface area contributed by atoms with Gasteiger partial charge in [-0.1, -0.05) is 6.92 Å². The molecule has 17 heavy (non-hydrogen) atoms. The van der Waals surface area contributed by atoms with Gasteiger partial charge < -0.3 is 9.84 Å². The molecule has 0 aliphatic rings. The van der Waals surface area contributed by atoms with E-state index in [1.54, 1.807) is 0 Å². The van der Waals surface area contributed by atoms with Crippen LogP contribution in [0.1, 0.15) is 45.6 Å². The zero-order chi connectivity index (χ0) is 13.1. The highest BCUT2D eigenvalue weighted by atomic mass is 16.6. The molecule has 5 heteroatoms. The summed E-state index contributed by atoms with van der Waals surface area (Å²) in [5.74, 6) is 0.630. The summed E-state index contributed by atoms with van der Waals surface area (Å²) in [7, 11) is 0. The molecule has 0 unspecified atom stereocenters. The lowest BCUT2D eigenvalue weighted by Crippen LogP contribution is -2.27. The second-order valence-electron chi connectivity index (χ2n) is 4.91. The number of aromatic nitrogens is 2. The van der Waals surface area contributed by atoms with E-state index in [2.05, 4.69) is 4.98 Å². The Morgan fingerprint density at radius 2 is 2.18 bits per heavy atom. The third-order valence-electron chi connectivity index (χ3n) is 2.05.